The number of ether oxygens (including phenoxy) is 1. The molecule has 3 nitrogen and oxygen atoms in total. The molecular weight excluding hydrogens is 250 g/mol. The molecule has 2 rings (SSSR count). The lowest BCUT2D eigenvalue weighted by atomic mass is 10.0. The highest BCUT2D eigenvalue weighted by Gasteiger charge is 2.10. The van der Waals surface area contributed by atoms with Gasteiger partial charge in [-0.1, -0.05) is 12.1 Å². The van der Waals surface area contributed by atoms with Crippen LogP contribution in [-0.4, -0.2) is 23.8 Å². The lowest BCUT2D eigenvalue weighted by molar-refractivity contribution is 0.102. The normalized spacial score (nSPS) is 10.1. The molecule has 0 saturated heterocycles. The summed E-state index contributed by atoms with van der Waals surface area (Å²) < 4.78 is 5.31. The minimum absolute atomic E-state index is 0.0323. The Bertz CT molecular complexity index is 555. The van der Waals surface area contributed by atoms with Crippen LogP contribution in [0.5, 0.6) is 5.75 Å². The summed E-state index contributed by atoms with van der Waals surface area (Å²) in [5.41, 5.74) is 2.39. The van der Waals surface area contributed by atoms with Crippen LogP contribution in [0.25, 0.3) is 11.1 Å². The molecule has 0 aliphatic carbocycles. The lowest BCUT2D eigenvalue weighted by Crippen LogP contribution is -2.01. The number of rotatable bonds is 4. The summed E-state index contributed by atoms with van der Waals surface area (Å²) in [6.07, 6.45) is 3.46. The maximum absolute atomic E-state index is 11.5. The molecule has 1 aromatic heterocycles. The Morgan fingerprint density at radius 2 is 2.22 bits per heavy atom. The Morgan fingerprint density at radius 3 is 2.83 bits per heavy atom. The number of Topliss-reactive ketones (excluding diaryl/α,β-unsaturated/α-hetero) is 1. The quantitative estimate of drug-likeness (QED) is 0.627. The Morgan fingerprint density at radius 1 is 1.39 bits per heavy atom. The van der Waals surface area contributed by atoms with Crippen LogP contribution in [-0.2, 0) is 0 Å². The Hall–Kier alpha value is -1.87. The predicted octanol–water partition coefficient (Wildman–Crippen LogP) is 3.18. The van der Waals surface area contributed by atoms with Gasteiger partial charge in [0.05, 0.1) is 13.0 Å². The zero-order chi connectivity index (χ0) is 13.0. The molecule has 92 valence electrons. The fraction of sp³-hybridized carbons (Fsp3) is 0.143. The first-order valence-electron chi connectivity index (χ1n) is 5.44. The van der Waals surface area contributed by atoms with Gasteiger partial charge >= 0.3 is 0 Å². The van der Waals surface area contributed by atoms with Crippen molar-refractivity contribution in [2.24, 2.45) is 0 Å². The van der Waals surface area contributed by atoms with Crippen LogP contribution in [0.2, 0.25) is 0 Å². The molecule has 0 atom stereocenters. The van der Waals surface area contributed by atoms with Crippen LogP contribution in [0.15, 0.2) is 42.7 Å². The average Bonchev–Trinajstić information content (AvgIpc) is 2.46. The second kappa shape index (κ2) is 5.65. The Balaban J connectivity index is 2.47. The van der Waals surface area contributed by atoms with Crippen LogP contribution in [0.3, 0.4) is 0 Å². The SMILES string of the molecule is COc1cc(C(=O)CCl)ccc1-c1cccnc1. The first kappa shape index (κ1) is 12.6. The maximum atomic E-state index is 11.5. The summed E-state index contributed by atoms with van der Waals surface area (Å²) >= 11 is 5.54. The van der Waals surface area contributed by atoms with Crippen molar-refractivity contribution in [1.82, 2.24) is 4.98 Å². The first-order chi connectivity index (χ1) is 8.76. The molecule has 0 saturated carbocycles. The van der Waals surface area contributed by atoms with Crippen molar-refractivity contribution >= 4 is 17.4 Å². The van der Waals surface area contributed by atoms with E-state index >= 15 is 0 Å². The Labute approximate surface area is 110 Å². The van der Waals surface area contributed by atoms with E-state index in [0.29, 0.717) is 11.3 Å². The van der Waals surface area contributed by atoms with E-state index in [2.05, 4.69) is 4.98 Å². The molecule has 18 heavy (non-hydrogen) atoms. The van der Waals surface area contributed by atoms with E-state index < -0.39 is 0 Å². The number of alkyl halides is 1. The van der Waals surface area contributed by atoms with Gasteiger partial charge in [0.15, 0.2) is 5.78 Å². The molecule has 0 fully saturated rings. The highest BCUT2D eigenvalue weighted by atomic mass is 35.5. The molecule has 4 heteroatoms. The molecule has 0 amide bonds. The van der Waals surface area contributed by atoms with Crippen molar-refractivity contribution in [3.8, 4) is 16.9 Å². The molecule has 0 N–H and O–H groups in total. The summed E-state index contributed by atoms with van der Waals surface area (Å²) in [7, 11) is 1.57. The van der Waals surface area contributed by atoms with E-state index in [0.717, 1.165) is 11.1 Å². The standard InChI is InChI=1S/C14H12ClNO2/c1-18-14-7-10(13(17)8-15)4-5-12(14)11-3-2-6-16-9-11/h2-7,9H,8H2,1H3. The molecule has 0 radical (unpaired) electrons. The number of aromatic nitrogens is 1. The maximum Gasteiger partial charge on any atom is 0.177 e. The third-order valence-corrected chi connectivity index (χ3v) is 2.86. The van der Waals surface area contributed by atoms with Gasteiger partial charge in [-0.15, -0.1) is 11.6 Å². The second-order valence-electron chi connectivity index (χ2n) is 3.71. The zero-order valence-corrected chi connectivity index (χ0v) is 10.6. The third kappa shape index (κ3) is 2.51. The topological polar surface area (TPSA) is 39.2 Å². The summed E-state index contributed by atoms with van der Waals surface area (Å²) in [4.78, 5) is 15.6. The van der Waals surface area contributed by atoms with Gasteiger partial charge in [0.1, 0.15) is 5.75 Å². The van der Waals surface area contributed by atoms with Crippen LogP contribution in [0.1, 0.15) is 10.4 Å². The lowest BCUT2D eigenvalue weighted by Gasteiger charge is -2.09. The average molecular weight is 262 g/mol. The minimum atomic E-state index is -0.118. The van der Waals surface area contributed by atoms with Gasteiger partial charge in [0, 0.05) is 29.1 Å². The van der Waals surface area contributed by atoms with Crippen molar-refractivity contribution in [1.29, 1.82) is 0 Å². The molecule has 0 aliphatic heterocycles. The van der Waals surface area contributed by atoms with E-state index in [1.54, 1.807) is 31.6 Å². The Kier molecular flexibility index (Phi) is 3.95. The van der Waals surface area contributed by atoms with Crippen molar-refractivity contribution in [3.05, 3.63) is 48.3 Å². The van der Waals surface area contributed by atoms with Gasteiger partial charge in [0.25, 0.3) is 0 Å². The van der Waals surface area contributed by atoms with Crippen LogP contribution < -0.4 is 4.74 Å². The predicted molar refractivity (Wildman–Crippen MR) is 71.3 cm³/mol. The highest BCUT2D eigenvalue weighted by molar-refractivity contribution is 6.30. The van der Waals surface area contributed by atoms with E-state index in [1.807, 2.05) is 18.2 Å². The number of carbonyl (C=O) groups excluding carboxylic acids is 1. The summed E-state index contributed by atoms with van der Waals surface area (Å²) in [5, 5.41) is 0. The number of halogens is 1. The van der Waals surface area contributed by atoms with Gasteiger partial charge < -0.3 is 4.74 Å². The molecule has 0 unspecified atom stereocenters. The fourth-order valence-electron chi connectivity index (χ4n) is 1.70. The third-order valence-electron chi connectivity index (χ3n) is 2.62. The summed E-state index contributed by atoms with van der Waals surface area (Å²) in [5.74, 6) is 0.488. The zero-order valence-electron chi connectivity index (χ0n) is 9.89. The minimum Gasteiger partial charge on any atom is -0.496 e. The number of carbonyl (C=O) groups is 1. The highest BCUT2D eigenvalue weighted by Crippen LogP contribution is 2.30. The van der Waals surface area contributed by atoms with Crippen LogP contribution in [0, 0.1) is 0 Å². The monoisotopic (exact) mass is 261 g/mol. The smallest absolute Gasteiger partial charge is 0.177 e. The second-order valence-corrected chi connectivity index (χ2v) is 3.98. The molecule has 0 bridgehead atoms. The first-order valence-corrected chi connectivity index (χ1v) is 5.97. The van der Waals surface area contributed by atoms with E-state index in [4.69, 9.17) is 16.3 Å². The van der Waals surface area contributed by atoms with Gasteiger partial charge in [-0.05, 0) is 18.2 Å². The summed E-state index contributed by atoms with van der Waals surface area (Å²) in [6.45, 7) is 0. The van der Waals surface area contributed by atoms with Crippen molar-refractivity contribution in [2.45, 2.75) is 0 Å². The van der Waals surface area contributed by atoms with E-state index in [1.165, 1.54) is 0 Å². The number of hydrogen-bond acceptors (Lipinski definition) is 3. The van der Waals surface area contributed by atoms with Gasteiger partial charge in [-0.25, -0.2) is 0 Å². The van der Waals surface area contributed by atoms with Gasteiger partial charge in [-0.2, -0.15) is 0 Å². The molecule has 1 aromatic carbocycles. The number of benzene rings is 1. The summed E-state index contributed by atoms with van der Waals surface area (Å²) in [6, 6.07) is 9.08. The molecular formula is C14H12ClNO2. The van der Waals surface area contributed by atoms with Crippen molar-refractivity contribution < 1.29 is 9.53 Å². The van der Waals surface area contributed by atoms with Crippen LogP contribution >= 0.6 is 11.6 Å². The van der Waals surface area contributed by atoms with Gasteiger partial charge in [0.2, 0.25) is 0 Å². The molecule has 0 spiro atoms. The number of hydrogen-bond donors (Lipinski definition) is 0. The van der Waals surface area contributed by atoms with E-state index in [-0.39, 0.29) is 11.7 Å². The number of ketones is 1. The number of methoxy groups -OCH3 is 1. The van der Waals surface area contributed by atoms with Crippen LogP contribution in [0.4, 0.5) is 0 Å². The molecule has 0 aliphatic rings. The van der Waals surface area contributed by atoms with Crippen molar-refractivity contribution in [2.75, 3.05) is 13.0 Å². The fourth-order valence-corrected chi connectivity index (χ4v) is 1.86. The van der Waals surface area contributed by atoms with E-state index in [9.17, 15) is 4.79 Å². The van der Waals surface area contributed by atoms with Crippen molar-refractivity contribution in [3.63, 3.8) is 0 Å². The largest absolute Gasteiger partial charge is 0.496 e. The van der Waals surface area contributed by atoms with Gasteiger partial charge in [-0.3, -0.25) is 9.78 Å². The molecule has 2 aromatic rings. The number of nitrogens with zero attached hydrogens (tertiary/aromatic N) is 1. The molecule has 1 heterocycles. The number of pyridine rings is 1.